The number of nitrogens with zero attached hydrogens (tertiary/aromatic N) is 4. The molecule has 1 saturated heterocycles. The molecule has 1 aliphatic rings. The molecule has 178 valence electrons. The summed E-state index contributed by atoms with van der Waals surface area (Å²) in [5.41, 5.74) is 3.04. The molecular weight excluding hydrogens is 465 g/mol. The highest BCUT2D eigenvalue weighted by Crippen LogP contribution is 2.27. The van der Waals surface area contributed by atoms with Crippen molar-refractivity contribution in [3.8, 4) is 0 Å². The first-order valence-electron chi connectivity index (χ1n) is 11.3. The number of hydrogen-bond donors (Lipinski definition) is 1. The first-order valence-corrected chi connectivity index (χ1v) is 12.3. The number of amides is 3. The minimum Gasteiger partial charge on any atom is -0.335 e. The van der Waals surface area contributed by atoms with Crippen molar-refractivity contribution in [2.45, 2.75) is 10.6 Å². The average Bonchev–Trinajstić information content (AvgIpc) is 3.32. The minimum absolute atomic E-state index is 0.0401. The van der Waals surface area contributed by atoms with Crippen LogP contribution in [0, 0.1) is 5.82 Å². The molecule has 7 nitrogen and oxygen atoms in total. The Morgan fingerprint density at radius 3 is 2.40 bits per heavy atom. The number of imidazole rings is 1. The summed E-state index contributed by atoms with van der Waals surface area (Å²) < 4.78 is 15.1. The Morgan fingerprint density at radius 2 is 1.63 bits per heavy atom. The number of rotatable bonds is 5. The largest absolute Gasteiger partial charge is 0.335 e. The van der Waals surface area contributed by atoms with Gasteiger partial charge in [0.1, 0.15) is 11.5 Å². The Labute approximate surface area is 206 Å². The van der Waals surface area contributed by atoms with Crippen molar-refractivity contribution in [1.82, 2.24) is 19.2 Å². The number of halogens is 1. The fourth-order valence-corrected chi connectivity index (χ4v) is 4.92. The maximum atomic E-state index is 13.3. The molecule has 0 bridgehead atoms. The monoisotopic (exact) mass is 489 g/mol. The molecule has 1 aliphatic heterocycles. The van der Waals surface area contributed by atoms with Crippen LogP contribution in [0.1, 0.15) is 16.1 Å². The molecule has 0 aliphatic carbocycles. The van der Waals surface area contributed by atoms with E-state index < -0.39 is 0 Å². The second-order valence-electron chi connectivity index (χ2n) is 8.20. The van der Waals surface area contributed by atoms with Gasteiger partial charge in [-0.2, -0.15) is 0 Å². The van der Waals surface area contributed by atoms with Gasteiger partial charge < -0.3 is 19.5 Å². The summed E-state index contributed by atoms with van der Waals surface area (Å²) in [6.45, 7) is 1.74. The van der Waals surface area contributed by atoms with Crippen molar-refractivity contribution in [3.63, 3.8) is 0 Å². The lowest BCUT2D eigenvalue weighted by Crippen LogP contribution is -2.51. The van der Waals surface area contributed by atoms with Gasteiger partial charge in [-0.1, -0.05) is 18.2 Å². The standard InChI is InChI=1S/C26H24FN5O2S/c27-19-8-10-20(11-9-19)29-26(34)31-15-13-30(14-16-31)25(33)22-5-1-2-6-23(22)35-18-21-17-32-12-4-3-7-24(32)28-21/h1-12,17H,13-16,18H2,(H,29,34). The van der Waals surface area contributed by atoms with Crippen LogP contribution in [0.3, 0.4) is 0 Å². The van der Waals surface area contributed by atoms with Crippen LogP contribution in [-0.4, -0.2) is 57.3 Å². The van der Waals surface area contributed by atoms with Crippen molar-refractivity contribution in [1.29, 1.82) is 0 Å². The van der Waals surface area contributed by atoms with Crippen LogP contribution in [0.5, 0.6) is 0 Å². The van der Waals surface area contributed by atoms with Crippen LogP contribution in [-0.2, 0) is 5.75 Å². The van der Waals surface area contributed by atoms with Crippen molar-refractivity contribution in [2.24, 2.45) is 0 Å². The maximum absolute atomic E-state index is 13.3. The van der Waals surface area contributed by atoms with Gasteiger partial charge in [0, 0.05) is 54.9 Å². The number of thioether (sulfide) groups is 1. The summed E-state index contributed by atoms with van der Waals surface area (Å²) in [5, 5.41) is 2.77. The van der Waals surface area contributed by atoms with Gasteiger partial charge in [-0.3, -0.25) is 4.79 Å². The summed E-state index contributed by atoms with van der Waals surface area (Å²) in [6, 6.07) is 18.9. The molecule has 1 fully saturated rings. The molecule has 3 heterocycles. The van der Waals surface area contributed by atoms with Gasteiger partial charge in [0.2, 0.25) is 0 Å². The van der Waals surface area contributed by atoms with Crippen LogP contribution in [0.25, 0.3) is 5.65 Å². The zero-order valence-corrected chi connectivity index (χ0v) is 19.7. The topological polar surface area (TPSA) is 70.0 Å². The van der Waals surface area contributed by atoms with Crippen molar-refractivity contribution < 1.29 is 14.0 Å². The number of hydrogen-bond acceptors (Lipinski definition) is 4. The molecule has 2 aromatic heterocycles. The molecule has 0 atom stereocenters. The molecule has 0 saturated carbocycles. The van der Waals surface area contributed by atoms with E-state index in [4.69, 9.17) is 0 Å². The zero-order chi connectivity index (χ0) is 24.2. The molecule has 5 rings (SSSR count). The summed E-state index contributed by atoms with van der Waals surface area (Å²) in [4.78, 5) is 34.8. The fourth-order valence-electron chi connectivity index (χ4n) is 4.00. The van der Waals surface area contributed by atoms with Crippen LogP contribution in [0.2, 0.25) is 0 Å². The Hall–Kier alpha value is -3.85. The highest BCUT2D eigenvalue weighted by molar-refractivity contribution is 7.98. The highest BCUT2D eigenvalue weighted by Gasteiger charge is 2.26. The molecule has 1 N–H and O–H groups in total. The summed E-state index contributed by atoms with van der Waals surface area (Å²) in [7, 11) is 0. The smallest absolute Gasteiger partial charge is 0.321 e. The number of carbonyl (C=O) groups is 2. The summed E-state index contributed by atoms with van der Waals surface area (Å²) >= 11 is 1.59. The molecule has 3 amide bonds. The second-order valence-corrected chi connectivity index (χ2v) is 9.22. The molecule has 0 unspecified atom stereocenters. The van der Waals surface area contributed by atoms with Gasteiger partial charge in [0.25, 0.3) is 5.91 Å². The van der Waals surface area contributed by atoms with E-state index in [2.05, 4.69) is 10.3 Å². The van der Waals surface area contributed by atoms with E-state index in [1.54, 1.807) is 21.6 Å². The number of carbonyl (C=O) groups excluding carboxylic acids is 2. The van der Waals surface area contributed by atoms with Gasteiger partial charge >= 0.3 is 6.03 Å². The zero-order valence-electron chi connectivity index (χ0n) is 18.9. The fraction of sp³-hybridized carbons (Fsp3) is 0.192. The van der Waals surface area contributed by atoms with E-state index in [-0.39, 0.29) is 17.8 Å². The van der Waals surface area contributed by atoms with Gasteiger partial charge in [0.05, 0.1) is 11.3 Å². The first-order chi connectivity index (χ1) is 17.1. The first kappa shape index (κ1) is 22.9. The van der Waals surface area contributed by atoms with Gasteiger partial charge in [0.15, 0.2) is 0 Å². The Morgan fingerprint density at radius 1 is 0.914 bits per heavy atom. The number of benzene rings is 2. The molecule has 35 heavy (non-hydrogen) atoms. The van der Waals surface area contributed by atoms with Gasteiger partial charge in [-0.25, -0.2) is 14.2 Å². The van der Waals surface area contributed by atoms with Crippen LogP contribution >= 0.6 is 11.8 Å². The van der Waals surface area contributed by atoms with Crippen molar-refractivity contribution in [3.05, 3.63) is 96.2 Å². The second kappa shape index (κ2) is 10.2. The SMILES string of the molecule is O=C(Nc1ccc(F)cc1)N1CCN(C(=O)c2ccccc2SCc2cn3ccccc3n2)CC1. The van der Waals surface area contributed by atoms with Gasteiger partial charge in [-0.05, 0) is 48.5 Å². The third-order valence-corrected chi connectivity index (χ3v) is 6.96. The average molecular weight is 490 g/mol. The van der Waals surface area contributed by atoms with Crippen LogP contribution < -0.4 is 5.32 Å². The van der Waals surface area contributed by atoms with Crippen molar-refractivity contribution in [2.75, 3.05) is 31.5 Å². The predicted octanol–water partition coefficient (Wildman–Crippen LogP) is 4.76. The number of piperazine rings is 1. The molecule has 0 spiro atoms. The Balaban J connectivity index is 1.19. The van der Waals surface area contributed by atoms with E-state index in [0.29, 0.717) is 43.2 Å². The molecule has 0 radical (unpaired) electrons. The third kappa shape index (κ3) is 5.30. The van der Waals surface area contributed by atoms with E-state index in [0.717, 1.165) is 16.2 Å². The molecule has 4 aromatic rings. The number of fused-ring (bicyclic) bond motifs is 1. The minimum atomic E-state index is -0.355. The Kier molecular flexibility index (Phi) is 6.67. The molecule has 2 aromatic carbocycles. The van der Waals surface area contributed by atoms with E-state index in [1.807, 2.05) is 59.3 Å². The van der Waals surface area contributed by atoms with Gasteiger partial charge in [-0.15, -0.1) is 11.8 Å². The van der Waals surface area contributed by atoms with Crippen LogP contribution in [0.15, 0.2) is 84.0 Å². The lowest BCUT2D eigenvalue weighted by molar-refractivity contribution is 0.0668. The van der Waals surface area contributed by atoms with Crippen LogP contribution in [0.4, 0.5) is 14.9 Å². The summed E-state index contributed by atoms with van der Waals surface area (Å²) in [6.07, 6.45) is 3.97. The Bertz CT molecular complexity index is 1320. The molecule has 9 heteroatoms. The predicted molar refractivity (Wildman–Crippen MR) is 134 cm³/mol. The number of pyridine rings is 1. The lowest BCUT2D eigenvalue weighted by Gasteiger charge is -2.35. The normalized spacial score (nSPS) is 13.7. The van der Waals surface area contributed by atoms with Crippen molar-refractivity contribution >= 4 is 35.0 Å². The lowest BCUT2D eigenvalue weighted by atomic mass is 10.2. The number of urea groups is 1. The van der Waals surface area contributed by atoms with E-state index in [9.17, 15) is 14.0 Å². The van der Waals surface area contributed by atoms with E-state index >= 15 is 0 Å². The quantitative estimate of drug-likeness (QED) is 0.411. The highest BCUT2D eigenvalue weighted by atomic mass is 32.2. The molecular formula is C26H24FN5O2S. The number of aromatic nitrogens is 2. The summed E-state index contributed by atoms with van der Waals surface area (Å²) in [5.74, 6) is 0.261. The third-order valence-electron chi connectivity index (χ3n) is 5.86. The number of nitrogens with one attached hydrogen (secondary N) is 1. The maximum Gasteiger partial charge on any atom is 0.321 e. The number of anilines is 1. The van der Waals surface area contributed by atoms with E-state index in [1.165, 1.54) is 24.3 Å².